The quantitative estimate of drug-likeness (QED) is 0.873. The minimum absolute atomic E-state index is 0.158. The van der Waals surface area contributed by atoms with Crippen LogP contribution < -0.4 is 4.74 Å². The highest BCUT2D eigenvalue weighted by molar-refractivity contribution is 5.11. The molecule has 2 aromatic heterocycles. The van der Waals surface area contributed by atoms with E-state index in [-0.39, 0.29) is 6.10 Å². The Labute approximate surface area is 137 Å². The molecule has 122 valence electrons. The maximum atomic E-state index is 6.31. The van der Waals surface area contributed by atoms with Gasteiger partial charge >= 0.3 is 0 Å². The van der Waals surface area contributed by atoms with Gasteiger partial charge in [0.15, 0.2) is 0 Å². The lowest BCUT2D eigenvalue weighted by Gasteiger charge is -2.38. The average molecular weight is 312 g/mol. The number of hydrogen-bond donors (Lipinski definition) is 0. The molecule has 5 heteroatoms. The third-order valence-electron chi connectivity index (χ3n) is 5.40. The van der Waals surface area contributed by atoms with Crippen LogP contribution in [0.15, 0.2) is 36.8 Å². The Morgan fingerprint density at radius 1 is 1.09 bits per heavy atom. The molecule has 0 aromatic carbocycles. The second kappa shape index (κ2) is 5.96. The largest absolute Gasteiger partial charge is 0.472 e. The van der Waals surface area contributed by atoms with Crippen molar-refractivity contribution in [3.63, 3.8) is 0 Å². The van der Waals surface area contributed by atoms with Crippen molar-refractivity contribution in [2.24, 2.45) is 11.8 Å². The van der Waals surface area contributed by atoms with Crippen LogP contribution in [-0.4, -0.2) is 45.7 Å². The van der Waals surface area contributed by atoms with Crippen molar-refractivity contribution in [3.05, 3.63) is 42.6 Å². The zero-order valence-corrected chi connectivity index (χ0v) is 13.8. The van der Waals surface area contributed by atoms with E-state index >= 15 is 0 Å². The molecular formula is C18H24N4O. The van der Waals surface area contributed by atoms with Crippen LogP contribution in [0, 0.1) is 18.8 Å². The maximum absolute atomic E-state index is 6.31. The fourth-order valence-electron chi connectivity index (χ4n) is 4.35. The van der Waals surface area contributed by atoms with Crippen LogP contribution in [0.5, 0.6) is 5.88 Å². The number of imidazole rings is 1. The summed E-state index contributed by atoms with van der Waals surface area (Å²) in [5.74, 6) is 3.28. The van der Waals surface area contributed by atoms with Crippen LogP contribution >= 0.6 is 0 Å². The number of likely N-dealkylation sites (tertiary alicyclic amines) is 1. The van der Waals surface area contributed by atoms with E-state index in [1.807, 2.05) is 24.4 Å². The topological polar surface area (TPSA) is 43.2 Å². The lowest BCUT2D eigenvalue weighted by molar-refractivity contribution is 0.0504. The fourth-order valence-corrected chi connectivity index (χ4v) is 4.35. The third-order valence-corrected chi connectivity index (χ3v) is 5.40. The van der Waals surface area contributed by atoms with Gasteiger partial charge in [0.2, 0.25) is 5.88 Å². The molecule has 0 unspecified atom stereocenters. The molecule has 3 heterocycles. The Morgan fingerprint density at radius 2 is 1.91 bits per heavy atom. The third kappa shape index (κ3) is 2.85. The molecule has 2 aromatic rings. The summed E-state index contributed by atoms with van der Waals surface area (Å²) in [6.45, 7) is 4.46. The summed E-state index contributed by atoms with van der Waals surface area (Å²) in [5.41, 5.74) is 0. The normalized spacial score (nSPS) is 31.0. The average Bonchev–Trinajstić information content (AvgIpc) is 3.12. The molecule has 0 amide bonds. The minimum atomic E-state index is 0.158. The number of nitrogens with zero attached hydrogens (tertiary/aromatic N) is 4. The van der Waals surface area contributed by atoms with Gasteiger partial charge in [0.05, 0.1) is 6.04 Å². The predicted octanol–water partition coefficient (Wildman–Crippen LogP) is 2.55. The highest BCUT2D eigenvalue weighted by atomic mass is 16.5. The fraction of sp³-hybridized carbons (Fsp3) is 0.556. The lowest BCUT2D eigenvalue weighted by Crippen LogP contribution is -2.40. The lowest BCUT2D eigenvalue weighted by atomic mass is 9.77. The van der Waals surface area contributed by atoms with Gasteiger partial charge in [0, 0.05) is 37.7 Å². The number of pyridine rings is 1. The summed E-state index contributed by atoms with van der Waals surface area (Å²) < 4.78 is 8.61. The van der Waals surface area contributed by atoms with Gasteiger partial charge in [0.25, 0.3) is 0 Å². The molecule has 1 saturated carbocycles. The van der Waals surface area contributed by atoms with Gasteiger partial charge in [-0.3, -0.25) is 0 Å². The van der Waals surface area contributed by atoms with Crippen molar-refractivity contribution < 1.29 is 4.74 Å². The Kier molecular flexibility index (Phi) is 3.81. The van der Waals surface area contributed by atoms with E-state index in [9.17, 15) is 0 Å². The van der Waals surface area contributed by atoms with Crippen molar-refractivity contribution in [2.45, 2.75) is 31.9 Å². The van der Waals surface area contributed by atoms with Crippen LogP contribution in [-0.2, 0) is 0 Å². The zero-order chi connectivity index (χ0) is 15.8. The molecule has 0 radical (unpaired) electrons. The van der Waals surface area contributed by atoms with Crippen molar-refractivity contribution in [2.75, 3.05) is 20.1 Å². The monoisotopic (exact) mass is 312 g/mol. The Bertz CT molecular complexity index is 656. The Hall–Kier alpha value is -1.88. The van der Waals surface area contributed by atoms with Crippen LogP contribution in [0.25, 0.3) is 0 Å². The minimum Gasteiger partial charge on any atom is -0.472 e. The molecule has 23 heavy (non-hydrogen) atoms. The van der Waals surface area contributed by atoms with Gasteiger partial charge in [-0.15, -0.1) is 0 Å². The number of rotatable bonds is 3. The molecule has 4 rings (SSSR count). The van der Waals surface area contributed by atoms with Crippen molar-refractivity contribution in [1.29, 1.82) is 0 Å². The first-order valence-corrected chi connectivity index (χ1v) is 8.46. The molecule has 2 fully saturated rings. The van der Waals surface area contributed by atoms with Crippen molar-refractivity contribution >= 4 is 0 Å². The van der Waals surface area contributed by atoms with Crippen LogP contribution in [0.2, 0.25) is 0 Å². The number of ether oxygens (including phenoxy) is 1. The Balaban J connectivity index is 1.61. The molecule has 0 bridgehead atoms. The second-order valence-corrected chi connectivity index (χ2v) is 6.99. The summed E-state index contributed by atoms with van der Waals surface area (Å²) in [4.78, 5) is 11.2. The maximum Gasteiger partial charge on any atom is 0.213 e. The van der Waals surface area contributed by atoms with Gasteiger partial charge in [0.1, 0.15) is 11.9 Å². The first-order valence-electron chi connectivity index (χ1n) is 8.46. The van der Waals surface area contributed by atoms with Crippen LogP contribution in [0.3, 0.4) is 0 Å². The van der Waals surface area contributed by atoms with E-state index < -0.39 is 0 Å². The summed E-state index contributed by atoms with van der Waals surface area (Å²) in [6, 6.07) is 6.19. The Morgan fingerprint density at radius 3 is 2.61 bits per heavy atom. The first kappa shape index (κ1) is 14.7. The summed E-state index contributed by atoms with van der Waals surface area (Å²) in [7, 11) is 2.23. The molecule has 1 saturated heterocycles. The van der Waals surface area contributed by atoms with Crippen LogP contribution in [0.1, 0.15) is 24.7 Å². The van der Waals surface area contributed by atoms with Gasteiger partial charge in [-0.1, -0.05) is 6.07 Å². The van der Waals surface area contributed by atoms with E-state index in [1.165, 1.54) is 13.1 Å². The number of aromatic nitrogens is 3. The molecule has 1 aliphatic carbocycles. The molecule has 1 aliphatic heterocycles. The predicted molar refractivity (Wildman–Crippen MR) is 88.4 cm³/mol. The summed E-state index contributed by atoms with van der Waals surface area (Å²) in [5, 5.41) is 0. The molecule has 4 atom stereocenters. The van der Waals surface area contributed by atoms with Gasteiger partial charge in [-0.05, 0) is 44.7 Å². The van der Waals surface area contributed by atoms with E-state index in [0.717, 1.165) is 36.4 Å². The number of aryl methyl sites for hydroxylation is 1. The standard InChI is InChI=1S/C18H24N4O/c1-13-19-7-8-22(13)16-9-14-11-21(2)12-15(14)10-17(16)23-18-5-3-4-6-20-18/h3-8,14-17H,9-12H2,1-2H3/t14-,15+,16-,17-/m0/s1. The van der Waals surface area contributed by atoms with E-state index in [1.54, 1.807) is 6.20 Å². The van der Waals surface area contributed by atoms with E-state index in [4.69, 9.17) is 4.74 Å². The van der Waals surface area contributed by atoms with Crippen LogP contribution in [0.4, 0.5) is 0 Å². The van der Waals surface area contributed by atoms with E-state index in [2.05, 4.69) is 39.6 Å². The highest BCUT2D eigenvalue weighted by Gasteiger charge is 2.43. The summed E-state index contributed by atoms with van der Waals surface area (Å²) in [6.07, 6.45) is 8.18. The first-order chi connectivity index (χ1) is 11.2. The smallest absolute Gasteiger partial charge is 0.213 e. The zero-order valence-electron chi connectivity index (χ0n) is 13.8. The SMILES string of the molecule is Cc1nccn1[C@H]1C[C@H]2CN(C)C[C@H]2C[C@@H]1Oc1ccccn1. The van der Waals surface area contributed by atoms with Gasteiger partial charge < -0.3 is 14.2 Å². The van der Waals surface area contributed by atoms with Gasteiger partial charge in [-0.2, -0.15) is 0 Å². The molecule has 2 aliphatic rings. The summed E-state index contributed by atoms with van der Waals surface area (Å²) >= 11 is 0. The highest BCUT2D eigenvalue weighted by Crippen LogP contribution is 2.42. The molecule has 0 spiro atoms. The molecule has 5 nitrogen and oxygen atoms in total. The van der Waals surface area contributed by atoms with Crippen molar-refractivity contribution in [1.82, 2.24) is 19.4 Å². The second-order valence-electron chi connectivity index (χ2n) is 6.99. The van der Waals surface area contributed by atoms with Gasteiger partial charge in [-0.25, -0.2) is 9.97 Å². The van der Waals surface area contributed by atoms with E-state index in [0.29, 0.717) is 6.04 Å². The molecular weight excluding hydrogens is 288 g/mol. The molecule has 0 N–H and O–H groups in total. The number of fused-ring (bicyclic) bond motifs is 1. The number of hydrogen-bond acceptors (Lipinski definition) is 4. The van der Waals surface area contributed by atoms with Crippen molar-refractivity contribution in [3.8, 4) is 5.88 Å².